The van der Waals surface area contributed by atoms with Crippen LogP contribution in [0.1, 0.15) is 122 Å². The summed E-state index contributed by atoms with van der Waals surface area (Å²) in [5.41, 5.74) is 0. The monoisotopic (exact) mass is 332 g/mol. The van der Waals surface area contributed by atoms with E-state index in [1.165, 1.54) is 57.8 Å². The molecule has 24 heavy (non-hydrogen) atoms. The summed E-state index contributed by atoms with van der Waals surface area (Å²) < 4.78 is 0. The Morgan fingerprint density at radius 2 is 1.12 bits per heavy atom. The van der Waals surface area contributed by atoms with Crippen LogP contribution in [0.15, 0.2) is 0 Å². The summed E-state index contributed by atoms with van der Waals surface area (Å²) in [6.07, 6.45) is 27.7. The third-order valence-corrected chi connectivity index (χ3v) is 8.12. The summed E-state index contributed by atoms with van der Waals surface area (Å²) in [7, 11) is 0. The number of rotatable bonds is 7. The molecule has 0 N–H and O–H groups in total. The summed E-state index contributed by atoms with van der Waals surface area (Å²) in [5.74, 6) is 5.33. The molecule has 0 heterocycles. The topological polar surface area (TPSA) is 0 Å². The van der Waals surface area contributed by atoms with Gasteiger partial charge < -0.3 is 0 Å². The van der Waals surface area contributed by atoms with E-state index in [9.17, 15) is 0 Å². The molecule has 0 heteroatoms. The van der Waals surface area contributed by atoms with E-state index in [0.29, 0.717) is 0 Å². The summed E-state index contributed by atoms with van der Waals surface area (Å²) in [6.45, 7) is 2.62. The van der Waals surface area contributed by atoms with Gasteiger partial charge in [0.25, 0.3) is 0 Å². The van der Waals surface area contributed by atoms with Crippen molar-refractivity contribution in [2.75, 3.05) is 0 Å². The van der Waals surface area contributed by atoms with Crippen LogP contribution in [0.2, 0.25) is 0 Å². The van der Waals surface area contributed by atoms with Crippen LogP contribution in [0.25, 0.3) is 0 Å². The van der Waals surface area contributed by atoms with Crippen LogP contribution in [0.5, 0.6) is 0 Å². The smallest absolute Gasteiger partial charge is 0.0383 e. The average molecular weight is 333 g/mol. The standard InChI is InChI=1S/C24H44/c1-20(22-13-7-3-8-14-22)19-24(23-15-9-4-10-16-23)18-17-21-11-5-2-6-12-21/h20-24H,2-19H2,1H3. The molecule has 3 aliphatic rings. The molecular weight excluding hydrogens is 288 g/mol. The molecule has 0 spiro atoms. The summed E-state index contributed by atoms with van der Waals surface area (Å²) in [5, 5.41) is 0. The normalized spacial score (nSPS) is 27.9. The summed E-state index contributed by atoms with van der Waals surface area (Å²) >= 11 is 0. The first-order valence-electron chi connectivity index (χ1n) is 11.8. The predicted octanol–water partition coefficient (Wildman–Crippen LogP) is 8.15. The van der Waals surface area contributed by atoms with Crippen LogP contribution in [-0.2, 0) is 0 Å². The third kappa shape index (κ3) is 5.77. The van der Waals surface area contributed by atoms with Crippen LogP contribution in [0.4, 0.5) is 0 Å². The first-order chi connectivity index (χ1) is 11.8. The van der Waals surface area contributed by atoms with Gasteiger partial charge in [-0.2, -0.15) is 0 Å². The zero-order valence-electron chi connectivity index (χ0n) is 16.6. The van der Waals surface area contributed by atoms with Gasteiger partial charge in [-0.25, -0.2) is 0 Å². The van der Waals surface area contributed by atoms with Gasteiger partial charge >= 0.3 is 0 Å². The molecule has 0 nitrogen and oxygen atoms in total. The fraction of sp³-hybridized carbons (Fsp3) is 1.00. The lowest BCUT2D eigenvalue weighted by Crippen LogP contribution is -2.25. The number of hydrogen-bond acceptors (Lipinski definition) is 0. The van der Waals surface area contributed by atoms with E-state index in [4.69, 9.17) is 0 Å². The Balaban J connectivity index is 1.51. The predicted molar refractivity (Wildman–Crippen MR) is 106 cm³/mol. The largest absolute Gasteiger partial charge is 0.0622 e. The highest BCUT2D eigenvalue weighted by Gasteiger charge is 2.29. The maximum atomic E-state index is 2.62. The molecule has 0 aliphatic heterocycles. The van der Waals surface area contributed by atoms with Gasteiger partial charge in [-0.05, 0) is 42.4 Å². The van der Waals surface area contributed by atoms with E-state index in [0.717, 1.165) is 29.6 Å². The Morgan fingerprint density at radius 3 is 1.71 bits per heavy atom. The van der Waals surface area contributed by atoms with E-state index >= 15 is 0 Å². The van der Waals surface area contributed by atoms with Gasteiger partial charge in [0, 0.05) is 0 Å². The van der Waals surface area contributed by atoms with Crippen molar-refractivity contribution >= 4 is 0 Å². The summed E-state index contributed by atoms with van der Waals surface area (Å²) in [6, 6.07) is 0. The third-order valence-electron chi connectivity index (χ3n) is 8.12. The quantitative estimate of drug-likeness (QED) is 0.441. The van der Waals surface area contributed by atoms with Crippen LogP contribution in [0.3, 0.4) is 0 Å². The van der Waals surface area contributed by atoms with Gasteiger partial charge in [-0.1, -0.05) is 110 Å². The van der Waals surface area contributed by atoms with Gasteiger partial charge in [0.05, 0.1) is 0 Å². The Hall–Kier alpha value is 0. The minimum Gasteiger partial charge on any atom is -0.0622 e. The lowest BCUT2D eigenvalue weighted by molar-refractivity contribution is 0.151. The van der Waals surface area contributed by atoms with Crippen LogP contribution in [-0.4, -0.2) is 0 Å². The van der Waals surface area contributed by atoms with E-state index < -0.39 is 0 Å². The molecular formula is C24H44. The minimum atomic E-state index is 1.00. The molecule has 3 fully saturated rings. The van der Waals surface area contributed by atoms with E-state index in [2.05, 4.69) is 6.92 Å². The molecule has 0 aromatic heterocycles. The fourth-order valence-electron chi connectivity index (χ4n) is 6.45. The molecule has 0 bridgehead atoms. The average Bonchev–Trinajstić information content (AvgIpc) is 2.67. The highest BCUT2D eigenvalue weighted by Crippen LogP contribution is 2.41. The first kappa shape index (κ1) is 18.8. The molecule has 0 radical (unpaired) electrons. The Labute approximate surface area is 152 Å². The van der Waals surface area contributed by atoms with E-state index in [1.807, 2.05) is 0 Å². The van der Waals surface area contributed by atoms with E-state index in [1.54, 1.807) is 57.8 Å². The second-order valence-electron chi connectivity index (χ2n) is 9.85. The van der Waals surface area contributed by atoms with Gasteiger partial charge in [0.2, 0.25) is 0 Å². The molecule has 0 aromatic carbocycles. The van der Waals surface area contributed by atoms with E-state index in [-0.39, 0.29) is 0 Å². The molecule has 3 saturated carbocycles. The van der Waals surface area contributed by atoms with Crippen molar-refractivity contribution in [3.05, 3.63) is 0 Å². The molecule has 3 rings (SSSR count). The van der Waals surface area contributed by atoms with Crippen LogP contribution >= 0.6 is 0 Å². The maximum Gasteiger partial charge on any atom is -0.0383 e. The second kappa shape index (κ2) is 10.2. The highest BCUT2D eigenvalue weighted by molar-refractivity contribution is 4.80. The molecule has 2 unspecified atom stereocenters. The molecule has 0 aromatic rings. The van der Waals surface area contributed by atoms with Crippen molar-refractivity contribution in [1.29, 1.82) is 0 Å². The maximum absolute atomic E-state index is 2.62. The van der Waals surface area contributed by atoms with Crippen molar-refractivity contribution in [2.45, 2.75) is 122 Å². The van der Waals surface area contributed by atoms with Gasteiger partial charge in [-0.3, -0.25) is 0 Å². The SMILES string of the molecule is CC(CC(CCC1CCCCC1)C1CCCCC1)C1CCCCC1. The Morgan fingerprint density at radius 1 is 0.625 bits per heavy atom. The highest BCUT2D eigenvalue weighted by atomic mass is 14.3. The zero-order valence-corrected chi connectivity index (χ0v) is 16.6. The van der Waals surface area contributed by atoms with Crippen molar-refractivity contribution in [3.8, 4) is 0 Å². The Bertz CT molecular complexity index is 315. The van der Waals surface area contributed by atoms with Crippen molar-refractivity contribution in [2.24, 2.45) is 29.6 Å². The molecule has 0 saturated heterocycles. The fourth-order valence-corrected chi connectivity index (χ4v) is 6.45. The van der Waals surface area contributed by atoms with Gasteiger partial charge in [0.15, 0.2) is 0 Å². The number of hydrogen-bond donors (Lipinski definition) is 0. The van der Waals surface area contributed by atoms with Crippen LogP contribution in [0, 0.1) is 29.6 Å². The summed E-state index contributed by atoms with van der Waals surface area (Å²) in [4.78, 5) is 0. The molecule has 0 amide bonds. The van der Waals surface area contributed by atoms with Crippen molar-refractivity contribution in [1.82, 2.24) is 0 Å². The molecule has 3 aliphatic carbocycles. The van der Waals surface area contributed by atoms with Gasteiger partial charge in [0.1, 0.15) is 0 Å². The first-order valence-corrected chi connectivity index (χ1v) is 11.8. The second-order valence-corrected chi connectivity index (χ2v) is 9.85. The van der Waals surface area contributed by atoms with Crippen LogP contribution < -0.4 is 0 Å². The Kier molecular flexibility index (Phi) is 8.00. The van der Waals surface area contributed by atoms with Crippen molar-refractivity contribution < 1.29 is 0 Å². The molecule has 140 valence electrons. The minimum absolute atomic E-state index is 1.00. The van der Waals surface area contributed by atoms with Gasteiger partial charge in [-0.15, -0.1) is 0 Å². The lowest BCUT2D eigenvalue weighted by atomic mass is 9.69. The van der Waals surface area contributed by atoms with Crippen molar-refractivity contribution in [3.63, 3.8) is 0 Å². The molecule has 2 atom stereocenters. The lowest BCUT2D eigenvalue weighted by Gasteiger charge is -2.36. The zero-order chi connectivity index (χ0) is 16.6.